The molecule has 1 aromatic heterocycles. The summed E-state index contributed by atoms with van der Waals surface area (Å²) in [6.45, 7) is 1.89. The van der Waals surface area contributed by atoms with E-state index in [1.54, 1.807) is 28.1 Å². The molecule has 1 aliphatic rings. The lowest BCUT2D eigenvalue weighted by molar-refractivity contribution is 0.0635. The van der Waals surface area contributed by atoms with Crippen LogP contribution in [0.4, 0.5) is 4.79 Å². The van der Waals surface area contributed by atoms with Crippen LogP contribution in [0.25, 0.3) is 10.9 Å². The predicted octanol–water partition coefficient (Wildman–Crippen LogP) is 3.12. The molecular formula is C20H19N3O3. The molecule has 2 amide bonds. The fourth-order valence-corrected chi connectivity index (χ4v) is 3.16. The van der Waals surface area contributed by atoms with E-state index in [-0.39, 0.29) is 12.0 Å². The Hall–Kier alpha value is -3.28. The van der Waals surface area contributed by atoms with Crippen LogP contribution in [0.15, 0.2) is 60.8 Å². The topological polar surface area (TPSA) is 65.6 Å². The summed E-state index contributed by atoms with van der Waals surface area (Å²) >= 11 is 0. The van der Waals surface area contributed by atoms with E-state index in [4.69, 9.17) is 4.74 Å². The number of fused-ring (bicyclic) bond motifs is 1. The molecule has 132 valence electrons. The number of hydrogen-bond acceptors (Lipinski definition) is 3. The highest BCUT2D eigenvalue weighted by Crippen LogP contribution is 2.20. The lowest BCUT2D eigenvalue weighted by Gasteiger charge is -2.34. The number of carbonyl (C=O) groups excluding carboxylic acids is 2. The number of aromatic amines is 1. The second kappa shape index (κ2) is 6.92. The third-order valence-electron chi connectivity index (χ3n) is 4.59. The first-order valence-corrected chi connectivity index (χ1v) is 8.59. The molecule has 26 heavy (non-hydrogen) atoms. The van der Waals surface area contributed by atoms with Gasteiger partial charge >= 0.3 is 6.09 Å². The van der Waals surface area contributed by atoms with Gasteiger partial charge in [0.1, 0.15) is 5.75 Å². The Balaban J connectivity index is 1.39. The fraction of sp³-hybridized carbons (Fsp3) is 0.200. The molecule has 6 heteroatoms. The molecule has 0 saturated carbocycles. The van der Waals surface area contributed by atoms with Crippen LogP contribution < -0.4 is 4.74 Å². The molecule has 2 heterocycles. The molecule has 0 radical (unpaired) electrons. The number of amides is 2. The maximum Gasteiger partial charge on any atom is 0.415 e. The standard InChI is InChI=1S/C20H19N3O3/c24-19(17-14-21-18-9-5-4-8-16(17)18)22-10-12-23(13-11-22)20(25)26-15-6-2-1-3-7-15/h1-9,14,21H,10-13H2. The van der Waals surface area contributed by atoms with E-state index in [2.05, 4.69) is 4.98 Å². The summed E-state index contributed by atoms with van der Waals surface area (Å²) in [7, 11) is 0. The Morgan fingerprint density at radius 3 is 2.27 bits per heavy atom. The van der Waals surface area contributed by atoms with E-state index >= 15 is 0 Å². The van der Waals surface area contributed by atoms with Gasteiger partial charge < -0.3 is 19.5 Å². The summed E-state index contributed by atoms with van der Waals surface area (Å²) in [6, 6.07) is 16.7. The van der Waals surface area contributed by atoms with Crippen LogP contribution in [0.2, 0.25) is 0 Å². The highest BCUT2D eigenvalue weighted by molar-refractivity contribution is 6.06. The molecule has 1 fully saturated rings. The first-order chi connectivity index (χ1) is 12.7. The minimum absolute atomic E-state index is 0.0153. The van der Waals surface area contributed by atoms with Gasteiger partial charge in [0.15, 0.2) is 0 Å². The van der Waals surface area contributed by atoms with Crippen LogP contribution in [0.3, 0.4) is 0 Å². The first-order valence-electron chi connectivity index (χ1n) is 8.59. The third-order valence-corrected chi connectivity index (χ3v) is 4.59. The average molecular weight is 349 g/mol. The largest absolute Gasteiger partial charge is 0.415 e. The number of piperazine rings is 1. The van der Waals surface area contributed by atoms with Gasteiger partial charge in [0, 0.05) is 43.3 Å². The number of benzene rings is 2. The molecule has 6 nitrogen and oxygen atoms in total. The van der Waals surface area contributed by atoms with Gasteiger partial charge in [-0.15, -0.1) is 0 Å². The number of ether oxygens (including phenoxy) is 1. The van der Waals surface area contributed by atoms with E-state index in [1.807, 2.05) is 42.5 Å². The molecule has 1 saturated heterocycles. The van der Waals surface area contributed by atoms with Crippen molar-refractivity contribution in [3.8, 4) is 5.75 Å². The van der Waals surface area contributed by atoms with Gasteiger partial charge in [-0.1, -0.05) is 36.4 Å². The van der Waals surface area contributed by atoms with Gasteiger partial charge in [0.25, 0.3) is 5.91 Å². The minimum atomic E-state index is -0.379. The Bertz CT molecular complexity index is 928. The zero-order valence-electron chi connectivity index (χ0n) is 14.2. The van der Waals surface area contributed by atoms with E-state index in [0.717, 1.165) is 10.9 Å². The summed E-state index contributed by atoms with van der Waals surface area (Å²) < 4.78 is 5.36. The van der Waals surface area contributed by atoms with Crippen molar-refractivity contribution >= 4 is 22.9 Å². The van der Waals surface area contributed by atoms with E-state index < -0.39 is 0 Å². The zero-order valence-corrected chi connectivity index (χ0v) is 14.2. The highest BCUT2D eigenvalue weighted by Gasteiger charge is 2.27. The quantitative estimate of drug-likeness (QED) is 0.773. The average Bonchev–Trinajstić information content (AvgIpc) is 3.12. The highest BCUT2D eigenvalue weighted by atomic mass is 16.6. The predicted molar refractivity (Wildman–Crippen MR) is 98.2 cm³/mol. The molecule has 0 bridgehead atoms. The van der Waals surface area contributed by atoms with Crippen LogP contribution in [0, 0.1) is 0 Å². The maximum absolute atomic E-state index is 12.8. The summed E-state index contributed by atoms with van der Waals surface area (Å²) in [5.74, 6) is 0.508. The molecule has 2 aromatic carbocycles. The minimum Gasteiger partial charge on any atom is -0.410 e. The zero-order chi connectivity index (χ0) is 17.9. The van der Waals surface area contributed by atoms with Crippen molar-refractivity contribution in [2.45, 2.75) is 0 Å². The van der Waals surface area contributed by atoms with Gasteiger partial charge in [-0.2, -0.15) is 0 Å². The second-order valence-electron chi connectivity index (χ2n) is 6.21. The molecule has 0 unspecified atom stereocenters. The van der Waals surface area contributed by atoms with Crippen molar-refractivity contribution in [1.82, 2.24) is 14.8 Å². The van der Waals surface area contributed by atoms with Crippen LogP contribution in [-0.4, -0.2) is 53.0 Å². The lowest BCUT2D eigenvalue weighted by atomic mass is 10.1. The molecule has 4 rings (SSSR count). The number of nitrogens with zero attached hydrogens (tertiary/aromatic N) is 2. The Kier molecular flexibility index (Phi) is 4.31. The molecule has 1 N–H and O–H groups in total. The van der Waals surface area contributed by atoms with Crippen molar-refractivity contribution in [3.05, 3.63) is 66.4 Å². The van der Waals surface area contributed by atoms with Crippen LogP contribution in [0.5, 0.6) is 5.75 Å². The van der Waals surface area contributed by atoms with Crippen molar-refractivity contribution < 1.29 is 14.3 Å². The van der Waals surface area contributed by atoms with Crippen LogP contribution >= 0.6 is 0 Å². The van der Waals surface area contributed by atoms with Crippen molar-refractivity contribution in [1.29, 1.82) is 0 Å². The van der Waals surface area contributed by atoms with E-state index in [0.29, 0.717) is 37.5 Å². The Labute approximate surface area is 151 Å². The maximum atomic E-state index is 12.8. The summed E-state index contributed by atoms with van der Waals surface area (Å²) in [5.41, 5.74) is 1.61. The SMILES string of the molecule is O=C(Oc1ccccc1)N1CCN(C(=O)c2c[nH]c3ccccc23)CC1. The van der Waals surface area contributed by atoms with E-state index in [1.165, 1.54) is 0 Å². The summed E-state index contributed by atoms with van der Waals surface area (Å²) in [5, 5.41) is 0.920. The molecule has 1 aliphatic heterocycles. The number of para-hydroxylation sites is 2. The molecule has 0 atom stereocenters. The number of H-pyrrole nitrogens is 1. The molecular weight excluding hydrogens is 330 g/mol. The van der Waals surface area contributed by atoms with Crippen LogP contribution in [0.1, 0.15) is 10.4 Å². The number of nitrogens with one attached hydrogen (secondary N) is 1. The number of rotatable bonds is 2. The van der Waals surface area contributed by atoms with Crippen molar-refractivity contribution in [2.75, 3.05) is 26.2 Å². The Morgan fingerprint density at radius 1 is 0.846 bits per heavy atom. The van der Waals surface area contributed by atoms with Gasteiger partial charge in [0.05, 0.1) is 5.56 Å². The number of aromatic nitrogens is 1. The van der Waals surface area contributed by atoms with Crippen molar-refractivity contribution in [3.63, 3.8) is 0 Å². The summed E-state index contributed by atoms with van der Waals surface area (Å²) in [4.78, 5) is 31.6. The summed E-state index contributed by atoms with van der Waals surface area (Å²) in [6.07, 6.45) is 1.37. The number of carbonyl (C=O) groups is 2. The smallest absolute Gasteiger partial charge is 0.410 e. The normalized spacial score (nSPS) is 14.5. The van der Waals surface area contributed by atoms with Crippen LogP contribution in [-0.2, 0) is 0 Å². The van der Waals surface area contributed by atoms with Gasteiger partial charge in [-0.25, -0.2) is 4.79 Å². The second-order valence-corrected chi connectivity index (χ2v) is 6.21. The van der Waals surface area contributed by atoms with Gasteiger partial charge in [-0.3, -0.25) is 4.79 Å². The van der Waals surface area contributed by atoms with Gasteiger partial charge in [-0.05, 0) is 18.2 Å². The number of hydrogen-bond donors (Lipinski definition) is 1. The Morgan fingerprint density at radius 2 is 1.50 bits per heavy atom. The van der Waals surface area contributed by atoms with E-state index in [9.17, 15) is 9.59 Å². The molecule has 3 aromatic rings. The fourth-order valence-electron chi connectivity index (χ4n) is 3.16. The van der Waals surface area contributed by atoms with Gasteiger partial charge in [0.2, 0.25) is 0 Å². The first kappa shape index (κ1) is 16.2. The third kappa shape index (κ3) is 3.13. The van der Waals surface area contributed by atoms with Crippen molar-refractivity contribution in [2.24, 2.45) is 0 Å². The molecule has 0 spiro atoms. The monoisotopic (exact) mass is 349 g/mol. The molecule has 0 aliphatic carbocycles. The lowest BCUT2D eigenvalue weighted by Crippen LogP contribution is -2.51.